The van der Waals surface area contributed by atoms with Crippen LogP contribution in [0.3, 0.4) is 0 Å². The Hall–Kier alpha value is -1.35. The fraction of sp³-hybridized carbons (Fsp3) is 0.417. The van der Waals surface area contributed by atoms with Crippen molar-refractivity contribution in [2.75, 3.05) is 31.2 Å². The summed E-state index contributed by atoms with van der Waals surface area (Å²) in [6, 6.07) is 5.81. The van der Waals surface area contributed by atoms with Gasteiger partial charge in [-0.2, -0.15) is 0 Å². The maximum atomic E-state index is 10.6. The van der Waals surface area contributed by atoms with Gasteiger partial charge in [-0.25, -0.2) is 0 Å². The molecule has 0 bridgehead atoms. The molecule has 0 radical (unpaired) electrons. The number of aryl methyl sites for hydroxylation is 1. The third kappa shape index (κ3) is 2.18. The molecule has 0 aromatic heterocycles. The van der Waals surface area contributed by atoms with Crippen LogP contribution in [0.25, 0.3) is 0 Å². The number of benzene rings is 1. The minimum absolute atomic E-state index is 0.740. The van der Waals surface area contributed by atoms with Crippen LogP contribution in [-0.4, -0.2) is 32.6 Å². The third-order valence-corrected chi connectivity index (χ3v) is 2.71. The van der Waals surface area contributed by atoms with Crippen molar-refractivity contribution in [3.05, 3.63) is 29.3 Å². The fourth-order valence-electron chi connectivity index (χ4n) is 1.91. The minimum atomic E-state index is 0.740. The van der Waals surface area contributed by atoms with E-state index in [4.69, 9.17) is 4.74 Å². The average Bonchev–Trinajstić information content (AvgIpc) is 2.30. The Morgan fingerprint density at radius 1 is 1.33 bits per heavy atom. The van der Waals surface area contributed by atoms with Gasteiger partial charge in [0, 0.05) is 24.3 Å². The summed E-state index contributed by atoms with van der Waals surface area (Å²) in [6.07, 6.45) is 0.885. The van der Waals surface area contributed by atoms with E-state index in [1.165, 1.54) is 5.69 Å². The fourth-order valence-corrected chi connectivity index (χ4v) is 1.91. The quantitative estimate of drug-likeness (QED) is 0.687. The van der Waals surface area contributed by atoms with Crippen LogP contribution < -0.4 is 4.90 Å². The molecule has 1 saturated heterocycles. The number of carbonyl (C=O) groups is 1. The summed E-state index contributed by atoms with van der Waals surface area (Å²) < 4.78 is 5.31. The van der Waals surface area contributed by atoms with Crippen molar-refractivity contribution in [3.63, 3.8) is 0 Å². The predicted molar refractivity (Wildman–Crippen MR) is 59.6 cm³/mol. The Kier molecular flexibility index (Phi) is 3.02. The second kappa shape index (κ2) is 4.45. The van der Waals surface area contributed by atoms with E-state index in [0.717, 1.165) is 43.7 Å². The molecule has 0 aliphatic carbocycles. The number of morpholine rings is 1. The van der Waals surface area contributed by atoms with Gasteiger partial charge in [-0.1, -0.05) is 0 Å². The van der Waals surface area contributed by atoms with Gasteiger partial charge in [0.25, 0.3) is 0 Å². The molecule has 1 fully saturated rings. The highest BCUT2D eigenvalue weighted by Crippen LogP contribution is 2.21. The van der Waals surface area contributed by atoms with E-state index in [2.05, 4.69) is 4.90 Å². The van der Waals surface area contributed by atoms with Gasteiger partial charge in [-0.15, -0.1) is 0 Å². The monoisotopic (exact) mass is 205 g/mol. The lowest BCUT2D eigenvalue weighted by Gasteiger charge is -2.30. The van der Waals surface area contributed by atoms with Crippen LogP contribution in [0, 0.1) is 6.92 Å². The van der Waals surface area contributed by atoms with Crippen LogP contribution >= 0.6 is 0 Å². The van der Waals surface area contributed by atoms with Gasteiger partial charge in [-0.05, 0) is 30.7 Å². The number of hydrogen-bond donors (Lipinski definition) is 0. The van der Waals surface area contributed by atoms with Crippen LogP contribution in [0.1, 0.15) is 15.9 Å². The second-order valence-corrected chi connectivity index (χ2v) is 3.76. The first-order chi connectivity index (χ1) is 7.31. The van der Waals surface area contributed by atoms with E-state index in [9.17, 15) is 4.79 Å². The van der Waals surface area contributed by atoms with Crippen LogP contribution in [0.2, 0.25) is 0 Å². The summed E-state index contributed by atoms with van der Waals surface area (Å²) >= 11 is 0. The summed E-state index contributed by atoms with van der Waals surface area (Å²) in [5.41, 5.74) is 3.11. The third-order valence-electron chi connectivity index (χ3n) is 2.71. The highest BCUT2D eigenvalue weighted by molar-refractivity contribution is 5.77. The smallest absolute Gasteiger partial charge is 0.150 e. The molecule has 1 aliphatic rings. The summed E-state index contributed by atoms with van der Waals surface area (Å²) in [6.45, 7) is 5.48. The van der Waals surface area contributed by atoms with E-state index >= 15 is 0 Å². The van der Waals surface area contributed by atoms with Crippen LogP contribution in [-0.2, 0) is 4.74 Å². The van der Waals surface area contributed by atoms with Crippen LogP contribution in [0.4, 0.5) is 5.69 Å². The SMILES string of the molecule is Cc1cc(C=O)ccc1N1CCOCC1. The maximum absolute atomic E-state index is 10.6. The molecule has 0 spiro atoms. The number of nitrogens with zero attached hydrogens (tertiary/aromatic N) is 1. The van der Waals surface area contributed by atoms with Crippen molar-refractivity contribution in [3.8, 4) is 0 Å². The zero-order valence-corrected chi connectivity index (χ0v) is 8.90. The molecule has 3 nitrogen and oxygen atoms in total. The maximum Gasteiger partial charge on any atom is 0.150 e. The topological polar surface area (TPSA) is 29.5 Å². The standard InChI is InChI=1S/C12H15NO2/c1-10-8-11(9-14)2-3-12(10)13-4-6-15-7-5-13/h2-3,8-9H,4-7H2,1H3. The van der Waals surface area contributed by atoms with E-state index < -0.39 is 0 Å². The Morgan fingerprint density at radius 2 is 2.07 bits per heavy atom. The molecule has 80 valence electrons. The summed E-state index contributed by atoms with van der Waals surface area (Å²) in [5, 5.41) is 0. The first kappa shape index (κ1) is 10.2. The average molecular weight is 205 g/mol. The predicted octanol–water partition coefficient (Wildman–Crippen LogP) is 1.64. The molecule has 0 N–H and O–H groups in total. The molecule has 15 heavy (non-hydrogen) atoms. The van der Waals surface area contributed by atoms with Gasteiger partial charge in [0.1, 0.15) is 6.29 Å². The van der Waals surface area contributed by atoms with Crippen molar-refractivity contribution in [2.24, 2.45) is 0 Å². The summed E-state index contributed by atoms with van der Waals surface area (Å²) in [7, 11) is 0. The molecule has 0 amide bonds. The zero-order valence-electron chi connectivity index (χ0n) is 8.90. The molecular formula is C12H15NO2. The van der Waals surface area contributed by atoms with Gasteiger partial charge in [-0.3, -0.25) is 4.79 Å². The van der Waals surface area contributed by atoms with Crippen LogP contribution in [0.5, 0.6) is 0 Å². The summed E-state index contributed by atoms with van der Waals surface area (Å²) in [5.74, 6) is 0. The Morgan fingerprint density at radius 3 is 2.67 bits per heavy atom. The second-order valence-electron chi connectivity index (χ2n) is 3.76. The molecule has 3 heteroatoms. The van der Waals surface area contributed by atoms with Crippen molar-refractivity contribution in [2.45, 2.75) is 6.92 Å². The molecule has 0 atom stereocenters. The number of aldehydes is 1. The van der Waals surface area contributed by atoms with Gasteiger partial charge in [0.2, 0.25) is 0 Å². The number of rotatable bonds is 2. The number of carbonyl (C=O) groups excluding carboxylic acids is 1. The molecule has 0 unspecified atom stereocenters. The van der Waals surface area contributed by atoms with E-state index in [1.807, 2.05) is 25.1 Å². The van der Waals surface area contributed by atoms with Gasteiger partial charge >= 0.3 is 0 Å². The molecular weight excluding hydrogens is 190 g/mol. The van der Waals surface area contributed by atoms with E-state index in [1.54, 1.807) is 0 Å². The van der Waals surface area contributed by atoms with Crippen molar-refractivity contribution in [1.29, 1.82) is 0 Å². The highest BCUT2D eigenvalue weighted by Gasteiger charge is 2.12. The van der Waals surface area contributed by atoms with Gasteiger partial charge in [0.05, 0.1) is 13.2 Å². The molecule has 1 aliphatic heterocycles. The number of anilines is 1. The van der Waals surface area contributed by atoms with E-state index in [-0.39, 0.29) is 0 Å². The van der Waals surface area contributed by atoms with Gasteiger partial charge in [0.15, 0.2) is 0 Å². The first-order valence-electron chi connectivity index (χ1n) is 5.20. The molecule has 0 saturated carbocycles. The largest absolute Gasteiger partial charge is 0.378 e. The molecule has 1 aromatic carbocycles. The molecule has 1 heterocycles. The summed E-state index contributed by atoms with van der Waals surface area (Å²) in [4.78, 5) is 12.9. The Bertz CT molecular complexity index is 357. The van der Waals surface area contributed by atoms with Crippen molar-refractivity contribution in [1.82, 2.24) is 0 Å². The highest BCUT2D eigenvalue weighted by atomic mass is 16.5. The lowest BCUT2D eigenvalue weighted by atomic mass is 10.1. The molecule has 2 rings (SSSR count). The minimum Gasteiger partial charge on any atom is -0.378 e. The van der Waals surface area contributed by atoms with Crippen molar-refractivity contribution >= 4 is 12.0 Å². The lowest BCUT2D eigenvalue weighted by Crippen LogP contribution is -2.36. The Balaban J connectivity index is 2.23. The Labute approximate surface area is 89.7 Å². The van der Waals surface area contributed by atoms with Crippen molar-refractivity contribution < 1.29 is 9.53 Å². The first-order valence-corrected chi connectivity index (χ1v) is 5.20. The van der Waals surface area contributed by atoms with Gasteiger partial charge < -0.3 is 9.64 Å². The zero-order chi connectivity index (χ0) is 10.7. The molecule has 1 aromatic rings. The van der Waals surface area contributed by atoms with E-state index in [0.29, 0.717) is 0 Å². The number of ether oxygens (including phenoxy) is 1. The lowest BCUT2D eigenvalue weighted by molar-refractivity contribution is 0.112. The normalized spacial score (nSPS) is 16.5. The van der Waals surface area contributed by atoms with Crippen LogP contribution in [0.15, 0.2) is 18.2 Å². The number of hydrogen-bond acceptors (Lipinski definition) is 3.